The lowest BCUT2D eigenvalue weighted by Gasteiger charge is -2.16. The molecule has 2 heterocycles. The molecule has 0 saturated heterocycles. The molecule has 0 fully saturated rings. The molecule has 0 radical (unpaired) electrons. The van der Waals surface area contributed by atoms with E-state index >= 15 is 0 Å². The Morgan fingerprint density at radius 1 is 1.13 bits per heavy atom. The minimum atomic E-state index is -0.718. The average molecular weight is 406 g/mol. The molecule has 2 aromatic heterocycles. The summed E-state index contributed by atoms with van der Waals surface area (Å²) >= 11 is 0. The molecule has 0 aliphatic carbocycles. The fourth-order valence-corrected chi connectivity index (χ4v) is 3.55. The van der Waals surface area contributed by atoms with Gasteiger partial charge in [-0.15, -0.1) is 0 Å². The van der Waals surface area contributed by atoms with Gasteiger partial charge in [-0.25, -0.2) is 4.39 Å². The molecule has 2 N–H and O–H groups in total. The van der Waals surface area contributed by atoms with Crippen LogP contribution in [0.15, 0.2) is 71.7 Å². The number of rotatable bonds is 7. The van der Waals surface area contributed by atoms with Gasteiger partial charge in [-0.3, -0.25) is 4.79 Å². The number of nitrogens with one attached hydrogen (secondary N) is 1. The molecule has 0 aliphatic rings. The van der Waals surface area contributed by atoms with Gasteiger partial charge in [0.2, 0.25) is 5.56 Å². The van der Waals surface area contributed by atoms with Crippen molar-refractivity contribution in [1.29, 1.82) is 0 Å². The Labute approximate surface area is 173 Å². The van der Waals surface area contributed by atoms with Crippen LogP contribution in [0.4, 0.5) is 4.39 Å². The largest absolute Gasteiger partial charge is 0.491 e. The van der Waals surface area contributed by atoms with E-state index in [-0.39, 0.29) is 18.0 Å². The topological polar surface area (TPSA) is 67.2 Å². The normalized spacial score (nSPS) is 12.2. The summed E-state index contributed by atoms with van der Waals surface area (Å²) < 4.78 is 21.7. The quantitative estimate of drug-likeness (QED) is 0.491. The number of nitrogens with zero attached hydrogens (tertiary/aromatic N) is 1. The number of hydrogen-bond acceptors (Lipinski definition) is 3. The van der Waals surface area contributed by atoms with Crippen LogP contribution in [0.2, 0.25) is 0 Å². The van der Waals surface area contributed by atoms with Crippen molar-refractivity contribution in [2.45, 2.75) is 26.0 Å². The van der Waals surface area contributed by atoms with Gasteiger partial charge in [0, 0.05) is 40.8 Å². The highest BCUT2D eigenvalue weighted by molar-refractivity contribution is 5.79. The second-order valence-electron chi connectivity index (χ2n) is 7.41. The van der Waals surface area contributed by atoms with Gasteiger partial charge < -0.3 is 19.4 Å². The molecule has 4 aromatic rings. The third-order valence-electron chi connectivity index (χ3n) is 5.17. The summed E-state index contributed by atoms with van der Waals surface area (Å²) in [4.78, 5) is 14.1. The molecule has 1 unspecified atom stereocenters. The highest BCUT2D eigenvalue weighted by Gasteiger charge is 2.14. The van der Waals surface area contributed by atoms with Crippen LogP contribution in [0.25, 0.3) is 10.9 Å². The predicted molar refractivity (Wildman–Crippen MR) is 114 cm³/mol. The van der Waals surface area contributed by atoms with Crippen molar-refractivity contribution in [3.05, 3.63) is 99.9 Å². The van der Waals surface area contributed by atoms with E-state index in [1.165, 1.54) is 12.1 Å². The first-order chi connectivity index (χ1) is 14.5. The lowest BCUT2D eigenvalue weighted by molar-refractivity contribution is 0.106. The summed E-state index contributed by atoms with van der Waals surface area (Å²) in [6, 6.07) is 17.2. The lowest BCUT2D eigenvalue weighted by Crippen LogP contribution is -2.22. The zero-order valence-corrected chi connectivity index (χ0v) is 16.6. The average Bonchev–Trinajstić information content (AvgIpc) is 3.07. The standard InChI is InChI=1S/C24H23FN2O3/c1-16-10-11-27(14-18-4-2-3-5-21(18)25)23(16)13-19(28)15-30-20-7-8-22-17(12-20)6-9-24(29)26-22/h2-12,19,28H,13-15H2,1H3,(H,26,29). The molecule has 154 valence electrons. The number of fused-ring (bicyclic) bond motifs is 1. The molecule has 0 amide bonds. The number of aromatic amines is 1. The molecular weight excluding hydrogens is 383 g/mol. The van der Waals surface area contributed by atoms with Crippen LogP contribution in [0.3, 0.4) is 0 Å². The van der Waals surface area contributed by atoms with Gasteiger partial charge in [0.05, 0.1) is 12.6 Å². The molecule has 30 heavy (non-hydrogen) atoms. The number of hydrogen-bond donors (Lipinski definition) is 2. The van der Waals surface area contributed by atoms with E-state index < -0.39 is 6.10 Å². The highest BCUT2D eigenvalue weighted by Crippen LogP contribution is 2.20. The minimum Gasteiger partial charge on any atom is -0.491 e. The summed E-state index contributed by atoms with van der Waals surface area (Å²) in [6.45, 7) is 2.51. The van der Waals surface area contributed by atoms with Gasteiger partial charge in [-0.2, -0.15) is 0 Å². The Kier molecular flexibility index (Phi) is 5.68. The molecule has 0 aliphatic heterocycles. The zero-order chi connectivity index (χ0) is 21.1. The summed E-state index contributed by atoms with van der Waals surface area (Å²) in [6.07, 6.45) is 1.59. The second kappa shape index (κ2) is 8.55. The van der Waals surface area contributed by atoms with Gasteiger partial charge in [0.15, 0.2) is 0 Å². The third kappa shape index (κ3) is 4.44. The SMILES string of the molecule is Cc1ccn(Cc2ccccc2F)c1CC(O)COc1ccc2[nH]c(=O)ccc2c1. The van der Waals surface area contributed by atoms with E-state index in [0.717, 1.165) is 22.2 Å². The molecular formula is C24H23FN2O3. The van der Waals surface area contributed by atoms with E-state index in [0.29, 0.717) is 24.3 Å². The number of ether oxygens (including phenoxy) is 1. The van der Waals surface area contributed by atoms with Crippen molar-refractivity contribution >= 4 is 10.9 Å². The van der Waals surface area contributed by atoms with Crippen molar-refractivity contribution in [3.63, 3.8) is 0 Å². The van der Waals surface area contributed by atoms with Crippen LogP contribution in [0.1, 0.15) is 16.8 Å². The van der Waals surface area contributed by atoms with Gasteiger partial charge >= 0.3 is 0 Å². The van der Waals surface area contributed by atoms with Crippen LogP contribution < -0.4 is 10.3 Å². The number of aliphatic hydroxyl groups is 1. The molecule has 6 heteroatoms. The Morgan fingerprint density at radius 3 is 2.80 bits per heavy atom. The highest BCUT2D eigenvalue weighted by atomic mass is 19.1. The van der Waals surface area contributed by atoms with Gasteiger partial charge in [0.25, 0.3) is 0 Å². The molecule has 1 atom stereocenters. The van der Waals surface area contributed by atoms with Crippen molar-refractivity contribution < 1.29 is 14.2 Å². The van der Waals surface area contributed by atoms with E-state index in [4.69, 9.17) is 4.74 Å². The number of aliphatic hydroxyl groups excluding tert-OH is 1. The fraction of sp³-hybridized carbons (Fsp3) is 0.208. The van der Waals surface area contributed by atoms with Crippen LogP contribution in [0, 0.1) is 12.7 Å². The van der Waals surface area contributed by atoms with E-state index in [1.807, 2.05) is 35.9 Å². The van der Waals surface area contributed by atoms with Crippen molar-refractivity contribution in [1.82, 2.24) is 9.55 Å². The van der Waals surface area contributed by atoms with Crippen LogP contribution in [-0.4, -0.2) is 27.4 Å². The van der Waals surface area contributed by atoms with Crippen molar-refractivity contribution in [2.75, 3.05) is 6.61 Å². The maximum Gasteiger partial charge on any atom is 0.248 e. The smallest absolute Gasteiger partial charge is 0.248 e. The minimum absolute atomic E-state index is 0.124. The molecule has 0 bridgehead atoms. The maximum atomic E-state index is 14.0. The zero-order valence-electron chi connectivity index (χ0n) is 16.6. The molecule has 5 nitrogen and oxygen atoms in total. The third-order valence-corrected chi connectivity index (χ3v) is 5.17. The summed E-state index contributed by atoms with van der Waals surface area (Å²) in [7, 11) is 0. The van der Waals surface area contributed by atoms with Gasteiger partial charge in [-0.05, 0) is 48.9 Å². The number of aryl methyl sites for hydroxylation is 1. The second-order valence-corrected chi connectivity index (χ2v) is 7.41. The maximum absolute atomic E-state index is 14.0. The number of benzene rings is 2. The first-order valence-corrected chi connectivity index (χ1v) is 9.81. The Morgan fingerprint density at radius 2 is 1.97 bits per heavy atom. The molecule has 2 aromatic carbocycles. The van der Waals surface area contributed by atoms with Crippen LogP contribution >= 0.6 is 0 Å². The number of pyridine rings is 1. The van der Waals surface area contributed by atoms with Crippen molar-refractivity contribution in [3.8, 4) is 5.75 Å². The van der Waals surface area contributed by atoms with Gasteiger partial charge in [0.1, 0.15) is 18.2 Å². The molecule has 4 rings (SSSR count). The monoisotopic (exact) mass is 406 g/mol. The van der Waals surface area contributed by atoms with Gasteiger partial charge in [-0.1, -0.05) is 18.2 Å². The number of halogens is 1. The molecule has 0 saturated carbocycles. The Hall–Kier alpha value is -3.38. The Bertz CT molecular complexity index is 1230. The van der Waals surface area contributed by atoms with E-state index in [1.54, 1.807) is 30.3 Å². The van der Waals surface area contributed by atoms with E-state index in [9.17, 15) is 14.3 Å². The first kappa shape index (κ1) is 19.9. The number of aromatic nitrogens is 2. The summed E-state index contributed by atoms with van der Waals surface area (Å²) in [5.74, 6) is 0.378. The Balaban J connectivity index is 1.42. The fourth-order valence-electron chi connectivity index (χ4n) is 3.55. The van der Waals surface area contributed by atoms with Crippen LogP contribution in [-0.2, 0) is 13.0 Å². The van der Waals surface area contributed by atoms with E-state index in [2.05, 4.69) is 4.98 Å². The lowest BCUT2D eigenvalue weighted by atomic mass is 10.1. The summed E-state index contributed by atoms with van der Waals surface area (Å²) in [5, 5.41) is 11.4. The first-order valence-electron chi connectivity index (χ1n) is 9.81. The predicted octanol–water partition coefficient (Wildman–Crippen LogP) is 3.81. The van der Waals surface area contributed by atoms with Crippen LogP contribution in [0.5, 0.6) is 5.75 Å². The van der Waals surface area contributed by atoms with Crippen molar-refractivity contribution in [2.24, 2.45) is 0 Å². The summed E-state index contributed by atoms with van der Waals surface area (Å²) in [5.41, 5.74) is 3.18. The number of H-pyrrole nitrogens is 1. The molecule has 0 spiro atoms.